The second-order valence-corrected chi connectivity index (χ2v) is 5.77. The lowest BCUT2D eigenvalue weighted by Crippen LogP contribution is -2.15. The highest BCUT2D eigenvalue weighted by Crippen LogP contribution is 2.43. The van der Waals surface area contributed by atoms with Gasteiger partial charge in [0.1, 0.15) is 19.0 Å². The van der Waals surface area contributed by atoms with Gasteiger partial charge in [-0.25, -0.2) is 4.39 Å². The van der Waals surface area contributed by atoms with Crippen LogP contribution >= 0.6 is 34.8 Å². The minimum atomic E-state index is -0.818. The van der Waals surface area contributed by atoms with Crippen LogP contribution in [0.2, 0.25) is 10.0 Å². The molecule has 110 valence electrons. The minimum Gasteiger partial charge on any atom is -0.486 e. The van der Waals surface area contributed by atoms with E-state index in [1.165, 1.54) is 12.1 Å². The summed E-state index contributed by atoms with van der Waals surface area (Å²) in [6, 6.07) is 7.70. The van der Waals surface area contributed by atoms with Crippen molar-refractivity contribution in [3.05, 3.63) is 57.3 Å². The molecule has 0 amide bonds. The number of hydrogen-bond donors (Lipinski definition) is 0. The summed E-state index contributed by atoms with van der Waals surface area (Å²) in [5.41, 5.74) is 0.717. The molecule has 2 aromatic carbocycles. The zero-order valence-electron chi connectivity index (χ0n) is 10.7. The highest BCUT2D eigenvalue weighted by Gasteiger charge is 2.24. The first-order valence-electron chi connectivity index (χ1n) is 6.25. The molecule has 0 radical (unpaired) electrons. The molecular weight excluding hydrogens is 338 g/mol. The van der Waals surface area contributed by atoms with Crippen LogP contribution in [0.4, 0.5) is 4.39 Å². The molecule has 1 unspecified atom stereocenters. The molecule has 0 fully saturated rings. The molecule has 2 aromatic rings. The third-order valence-corrected chi connectivity index (χ3v) is 4.30. The predicted octanol–water partition coefficient (Wildman–Crippen LogP) is 5.23. The summed E-state index contributed by atoms with van der Waals surface area (Å²) in [7, 11) is 0. The topological polar surface area (TPSA) is 18.5 Å². The Morgan fingerprint density at radius 2 is 1.67 bits per heavy atom. The van der Waals surface area contributed by atoms with Crippen molar-refractivity contribution >= 4 is 34.8 Å². The maximum atomic E-state index is 14.0. The van der Waals surface area contributed by atoms with E-state index in [2.05, 4.69) is 0 Å². The van der Waals surface area contributed by atoms with Crippen LogP contribution in [0.5, 0.6) is 11.5 Å². The van der Waals surface area contributed by atoms with Gasteiger partial charge < -0.3 is 9.47 Å². The van der Waals surface area contributed by atoms with Crippen LogP contribution in [0.3, 0.4) is 0 Å². The van der Waals surface area contributed by atoms with Gasteiger partial charge >= 0.3 is 0 Å². The van der Waals surface area contributed by atoms with Crippen LogP contribution in [0.15, 0.2) is 30.3 Å². The van der Waals surface area contributed by atoms with E-state index in [9.17, 15) is 4.39 Å². The molecular formula is C15H10Cl3FO2. The lowest BCUT2D eigenvalue weighted by molar-refractivity contribution is 0.171. The highest BCUT2D eigenvalue weighted by molar-refractivity contribution is 6.35. The fourth-order valence-corrected chi connectivity index (χ4v) is 3.23. The van der Waals surface area contributed by atoms with Gasteiger partial charge in [0.15, 0.2) is 11.5 Å². The Bertz CT molecular complexity index is 671. The molecule has 0 spiro atoms. The van der Waals surface area contributed by atoms with E-state index < -0.39 is 11.2 Å². The summed E-state index contributed by atoms with van der Waals surface area (Å²) >= 11 is 18.7. The summed E-state index contributed by atoms with van der Waals surface area (Å²) < 4.78 is 24.9. The molecule has 1 atom stereocenters. The summed E-state index contributed by atoms with van der Waals surface area (Å²) in [6.45, 7) is 0.910. The van der Waals surface area contributed by atoms with Gasteiger partial charge in [0.25, 0.3) is 0 Å². The molecule has 0 bridgehead atoms. The second kappa shape index (κ2) is 5.91. The number of halogens is 4. The smallest absolute Gasteiger partial charge is 0.162 e. The van der Waals surface area contributed by atoms with Crippen LogP contribution < -0.4 is 9.47 Å². The Balaban J connectivity index is 2.07. The lowest BCUT2D eigenvalue weighted by Gasteiger charge is -2.21. The van der Waals surface area contributed by atoms with Crippen molar-refractivity contribution in [1.29, 1.82) is 0 Å². The Labute approximate surface area is 136 Å². The van der Waals surface area contributed by atoms with Gasteiger partial charge in [-0.2, -0.15) is 0 Å². The van der Waals surface area contributed by atoms with E-state index in [4.69, 9.17) is 44.3 Å². The Morgan fingerprint density at radius 1 is 1.00 bits per heavy atom. The molecule has 3 rings (SSSR count). The highest BCUT2D eigenvalue weighted by atomic mass is 35.5. The summed E-state index contributed by atoms with van der Waals surface area (Å²) in [4.78, 5) is 0. The van der Waals surface area contributed by atoms with E-state index in [1.807, 2.05) is 0 Å². The van der Waals surface area contributed by atoms with Gasteiger partial charge in [0.05, 0.1) is 5.38 Å². The van der Waals surface area contributed by atoms with Crippen LogP contribution in [-0.4, -0.2) is 13.2 Å². The molecule has 0 saturated heterocycles. The zero-order chi connectivity index (χ0) is 15.0. The van der Waals surface area contributed by atoms with E-state index in [1.54, 1.807) is 18.2 Å². The molecule has 0 aliphatic carbocycles. The first-order valence-corrected chi connectivity index (χ1v) is 7.44. The number of alkyl halides is 1. The van der Waals surface area contributed by atoms with Crippen molar-refractivity contribution in [2.45, 2.75) is 5.38 Å². The van der Waals surface area contributed by atoms with Crippen molar-refractivity contribution in [3.8, 4) is 11.5 Å². The SMILES string of the molecule is Fc1cccc(Cl)c1C(Cl)c1cc2c(cc1Cl)OCCO2. The number of fused-ring (bicyclic) bond motifs is 1. The van der Waals surface area contributed by atoms with Crippen molar-refractivity contribution in [2.24, 2.45) is 0 Å². The quantitative estimate of drug-likeness (QED) is 0.692. The van der Waals surface area contributed by atoms with E-state index in [-0.39, 0.29) is 10.6 Å². The van der Waals surface area contributed by atoms with Crippen LogP contribution in [0, 0.1) is 5.82 Å². The first-order chi connectivity index (χ1) is 10.1. The third kappa shape index (κ3) is 2.78. The predicted molar refractivity (Wildman–Crippen MR) is 81.5 cm³/mol. The van der Waals surface area contributed by atoms with E-state index in [0.717, 1.165) is 0 Å². The average molecular weight is 348 g/mol. The van der Waals surface area contributed by atoms with Crippen molar-refractivity contribution in [3.63, 3.8) is 0 Å². The van der Waals surface area contributed by atoms with Crippen molar-refractivity contribution in [1.82, 2.24) is 0 Å². The van der Waals surface area contributed by atoms with E-state index in [0.29, 0.717) is 35.3 Å². The van der Waals surface area contributed by atoms with Gasteiger partial charge in [-0.15, -0.1) is 11.6 Å². The average Bonchev–Trinajstić information content (AvgIpc) is 2.46. The third-order valence-electron chi connectivity index (χ3n) is 3.19. The molecule has 6 heteroatoms. The molecule has 0 saturated carbocycles. The monoisotopic (exact) mass is 346 g/mol. The Kier molecular flexibility index (Phi) is 4.16. The van der Waals surface area contributed by atoms with Gasteiger partial charge in [-0.1, -0.05) is 29.3 Å². The molecule has 21 heavy (non-hydrogen) atoms. The minimum absolute atomic E-state index is 0.194. The molecule has 1 heterocycles. The normalized spacial score (nSPS) is 14.9. The number of benzene rings is 2. The number of rotatable bonds is 2. The summed E-state index contributed by atoms with van der Waals surface area (Å²) in [5.74, 6) is 0.616. The van der Waals surface area contributed by atoms with Crippen LogP contribution in [0.25, 0.3) is 0 Å². The van der Waals surface area contributed by atoms with Crippen LogP contribution in [0.1, 0.15) is 16.5 Å². The largest absolute Gasteiger partial charge is 0.486 e. The van der Waals surface area contributed by atoms with Crippen LogP contribution in [-0.2, 0) is 0 Å². The summed E-state index contributed by atoms with van der Waals surface area (Å²) in [6.07, 6.45) is 0. The fourth-order valence-electron chi connectivity index (χ4n) is 2.18. The van der Waals surface area contributed by atoms with Crippen molar-refractivity contribution in [2.75, 3.05) is 13.2 Å². The van der Waals surface area contributed by atoms with Gasteiger partial charge in [-0.05, 0) is 23.8 Å². The van der Waals surface area contributed by atoms with Crippen molar-refractivity contribution < 1.29 is 13.9 Å². The molecule has 1 aliphatic heterocycles. The molecule has 0 aromatic heterocycles. The fraction of sp³-hybridized carbons (Fsp3) is 0.200. The maximum absolute atomic E-state index is 14.0. The molecule has 1 aliphatic rings. The van der Waals surface area contributed by atoms with Gasteiger partial charge in [0, 0.05) is 21.7 Å². The lowest BCUT2D eigenvalue weighted by atomic mass is 10.0. The molecule has 0 N–H and O–H groups in total. The first kappa shape index (κ1) is 14.8. The van der Waals surface area contributed by atoms with Gasteiger partial charge in [0.2, 0.25) is 0 Å². The number of ether oxygens (including phenoxy) is 2. The Morgan fingerprint density at radius 3 is 2.33 bits per heavy atom. The second-order valence-electron chi connectivity index (χ2n) is 4.52. The van der Waals surface area contributed by atoms with E-state index >= 15 is 0 Å². The maximum Gasteiger partial charge on any atom is 0.162 e. The molecule has 2 nitrogen and oxygen atoms in total. The standard InChI is InChI=1S/C15H10Cl3FO2/c16-9-2-1-3-11(19)14(9)15(18)8-6-12-13(7-10(8)17)21-5-4-20-12/h1-3,6-7,15H,4-5H2. The Hall–Kier alpha value is -1.16. The summed E-state index contributed by atoms with van der Waals surface area (Å²) in [5, 5.41) is -0.193. The zero-order valence-corrected chi connectivity index (χ0v) is 13.0. The van der Waals surface area contributed by atoms with Gasteiger partial charge in [-0.3, -0.25) is 0 Å². The number of hydrogen-bond acceptors (Lipinski definition) is 2.